The van der Waals surface area contributed by atoms with E-state index in [1.54, 1.807) is 0 Å². The standard InChI is InChI=1S/C14H9F5O2/c15-9-4-10(16)6-11(5-9)21-13-2-1-8(7-20)3-12(13)14(17,18)19/h1-6,20H,7H2. The van der Waals surface area contributed by atoms with Crippen LogP contribution in [-0.4, -0.2) is 5.11 Å². The largest absolute Gasteiger partial charge is 0.457 e. The van der Waals surface area contributed by atoms with Gasteiger partial charge in [-0.15, -0.1) is 0 Å². The molecule has 0 heterocycles. The van der Waals surface area contributed by atoms with Crippen molar-refractivity contribution in [1.82, 2.24) is 0 Å². The molecule has 0 amide bonds. The number of hydrogen-bond donors (Lipinski definition) is 1. The topological polar surface area (TPSA) is 29.5 Å². The van der Waals surface area contributed by atoms with E-state index in [1.165, 1.54) is 6.07 Å². The minimum atomic E-state index is -4.73. The lowest BCUT2D eigenvalue weighted by molar-refractivity contribution is -0.138. The van der Waals surface area contributed by atoms with Gasteiger partial charge >= 0.3 is 6.18 Å². The van der Waals surface area contributed by atoms with Crippen molar-refractivity contribution in [1.29, 1.82) is 0 Å². The van der Waals surface area contributed by atoms with E-state index in [-0.39, 0.29) is 5.56 Å². The van der Waals surface area contributed by atoms with Crippen LogP contribution in [0.5, 0.6) is 11.5 Å². The number of benzene rings is 2. The van der Waals surface area contributed by atoms with Crippen LogP contribution in [0, 0.1) is 11.6 Å². The average molecular weight is 304 g/mol. The second-order valence-corrected chi connectivity index (χ2v) is 4.19. The summed E-state index contributed by atoms with van der Waals surface area (Å²) in [6.45, 7) is -0.571. The highest BCUT2D eigenvalue weighted by Crippen LogP contribution is 2.38. The van der Waals surface area contributed by atoms with E-state index in [2.05, 4.69) is 0 Å². The van der Waals surface area contributed by atoms with E-state index in [9.17, 15) is 22.0 Å². The molecule has 0 aromatic heterocycles. The Labute approximate surface area is 116 Å². The van der Waals surface area contributed by atoms with Crippen LogP contribution in [0.2, 0.25) is 0 Å². The van der Waals surface area contributed by atoms with Crippen molar-refractivity contribution < 1.29 is 31.8 Å². The van der Waals surface area contributed by atoms with Gasteiger partial charge in [0.05, 0.1) is 12.2 Å². The fraction of sp³-hybridized carbons (Fsp3) is 0.143. The first-order valence-corrected chi connectivity index (χ1v) is 5.74. The molecule has 7 heteroatoms. The summed E-state index contributed by atoms with van der Waals surface area (Å²) in [5, 5.41) is 8.87. The van der Waals surface area contributed by atoms with Crippen LogP contribution in [0.4, 0.5) is 22.0 Å². The lowest BCUT2D eigenvalue weighted by atomic mass is 10.1. The van der Waals surface area contributed by atoms with Crippen LogP contribution < -0.4 is 4.74 Å². The molecule has 112 valence electrons. The molecule has 0 spiro atoms. The van der Waals surface area contributed by atoms with E-state index in [0.717, 1.165) is 18.2 Å². The van der Waals surface area contributed by atoms with Gasteiger partial charge in [0.1, 0.15) is 23.1 Å². The third kappa shape index (κ3) is 3.69. The van der Waals surface area contributed by atoms with Crippen molar-refractivity contribution in [2.24, 2.45) is 0 Å². The molecule has 2 aromatic rings. The normalized spacial score (nSPS) is 11.5. The Morgan fingerprint density at radius 2 is 1.57 bits per heavy atom. The highest BCUT2D eigenvalue weighted by molar-refractivity contribution is 5.42. The van der Waals surface area contributed by atoms with E-state index in [4.69, 9.17) is 9.84 Å². The molecule has 21 heavy (non-hydrogen) atoms. The van der Waals surface area contributed by atoms with Gasteiger partial charge in [0.15, 0.2) is 0 Å². The van der Waals surface area contributed by atoms with Gasteiger partial charge in [-0.05, 0) is 17.7 Å². The van der Waals surface area contributed by atoms with Crippen LogP contribution in [0.25, 0.3) is 0 Å². The number of rotatable bonds is 3. The highest BCUT2D eigenvalue weighted by Gasteiger charge is 2.34. The molecule has 2 nitrogen and oxygen atoms in total. The SMILES string of the molecule is OCc1ccc(Oc2cc(F)cc(F)c2)c(C(F)(F)F)c1. The molecule has 0 atom stereocenters. The maximum Gasteiger partial charge on any atom is 0.419 e. The molecule has 0 aliphatic rings. The highest BCUT2D eigenvalue weighted by atomic mass is 19.4. The molecule has 0 aliphatic heterocycles. The molecular formula is C14H9F5O2. The molecule has 1 N–H and O–H groups in total. The predicted molar refractivity (Wildman–Crippen MR) is 63.8 cm³/mol. The number of alkyl halides is 3. The summed E-state index contributed by atoms with van der Waals surface area (Å²) in [7, 11) is 0. The fourth-order valence-electron chi connectivity index (χ4n) is 1.70. The van der Waals surface area contributed by atoms with E-state index in [1.807, 2.05) is 0 Å². The summed E-state index contributed by atoms with van der Waals surface area (Å²) in [6.07, 6.45) is -4.73. The molecule has 0 saturated heterocycles. The molecule has 2 rings (SSSR count). The molecule has 0 saturated carbocycles. The van der Waals surface area contributed by atoms with Crippen molar-refractivity contribution >= 4 is 0 Å². The Bertz CT molecular complexity index is 632. The number of hydrogen-bond acceptors (Lipinski definition) is 2. The van der Waals surface area contributed by atoms with Gasteiger partial charge in [-0.2, -0.15) is 13.2 Å². The monoisotopic (exact) mass is 304 g/mol. The Hall–Kier alpha value is -2.15. The summed E-state index contributed by atoms with van der Waals surface area (Å²) >= 11 is 0. The van der Waals surface area contributed by atoms with Crippen molar-refractivity contribution in [3.63, 3.8) is 0 Å². The van der Waals surface area contributed by atoms with Crippen LogP contribution >= 0.6 is 0 Å². The molecular weight excluding hydrogens is 295 g/mol. The molecule has 2 aromatic carbocycles. The zero-order valence-corrected chi connectivity index (χ0v) is 10.4. The molecule has 0 aliphatic carbocycles. The van der Waals surface area contributed by atoms with Crippen molar-refractivity contribution in [2.45, 2.75) is 12.8 Å². The van der Waals surface area contributed by atoms with Gasteiger partial charge in [0.2, 0.25) is 0 Å². The second-order valence-electron chi connectivity index (χ2n) is 4.19. The Balaban J connectivity index is 2.43. The van der Waals surface area contributed by atoms with Gasteiger partial charge in [-0.1, -0.05) is 6.07 Å². The van der Waals surface area contributed by atoms with E-state index >= 15 is 0 Å². The molecule has 0 bridgehead atoms. The van der Waals surface area contributed by atoms with Crippen LogP contribution in [0.3, 0.4) is 0 Å². The molecule has 0 unspecified atom stereocenters. The predicted octanol–water partition coefficient (Wildman–Crippen LogP) is 4.27. The first-order chi connectivity index (χ1) is 9.79. The maximum atomic E-state index is 13.0. The van der Waals surface area contributed by atoms with Gasteiger partial charge in [-0.25, -0.2) is 8.78 Å². The van der Waals surface area contributed by atoms with Crippen molar-refractivity contribution in [2.75, 3.05) is 0 Å². The zero-order valence-electron chi connectivity index (χ0n) is 10.4. The lowest BCUT2D eigenvalue weighted by Crippen LogP contribution is -2.08. The van der Waals surface area contributed by atoms with Crippen LogP contribution in [0.1, 0.15) is 11.1 Å². The van der Waals surface area contributed by atoms with Crippen LogP contribution in [-0.2, 0) is 12.8 Å². The maximum absolute atomic E-state index is 13.0. The number of aliphatic hydroxyl groups excluding tert-OH is 1. The Morgan fingerprint density at radius 1 is 0.952 bits per heavy atom. The quantitative estimate of drug-likeness (QED) is 0.858. The Kier molecular flexibility index (Phi) is 4.13. The second kappa shape index (κ2) is 5.69. The third-order valence-electron chi connectivity index (χ3n) is 2.60. The van der Waals surface area contributed by atoms with E-state index < -0.39 is 41.5 Å². The third-order valence-corrected chi connectivity index (χ3v) is 2.60. The average Bonchev–Trinajstić information content (AvgIpc) is 2.36. The Morgan fingerprint density at radius 3 is 2.10 bits per heavy atom. The number of aliphatic hydroxyl groups is 1. The summed E-state index contributed by atoms with van der Waals surface area (Å²) in [5.41, 5.74) is -1.10. The van der Waals surface area contributed by atoms with Gasteiger partial charge < -0.3 is 9.84 Å². The summed E-state index contributed by atoms with van der Waals surface area (Å²) in [6, 6.07) is 5.03. The summed E-state index contributed by atoms with van der Waals surface area (Å²) < 4.78 is 69.7. The summed E-state index contributed by atoms with van der Waals surface area (Å²) in [4.78, 5) is 0. The summed E-state index contributed by atoms with van der Waals surface area (Å²) in [5.74, 6) is -2.93. The van der Waals surface area contributed by atoms with Crippen molar-refractivity contribution in [3.8, 4) is 11.5 Å². The minimum absolute atomic E-state index is 0.0418. The van der Waals surface area contributed by atoms with Gasteiger partial charge in [0, 0.05) is 18.2 Å². The molecule has 0 fully saturated rings. The fourth-order valence-corrected chi connectivity index (χ4v) is 1.70. The number of halogens is 5. The lowest BCUT2D eigenvalue weighted by Gasteiger charge is -2.15. The minimum Gasteiger partial charge on any atom is -0.457 e. The smallest absolute Gasteiger partial charge is 0.419 e. The zero-order chi connectivity index (χ0) is 15.6. The van der Waals surface area contributed by atoms with Gasteiger partial charge in [-0.3, -0.25) is 0 Å². The first-order valence-electron chi connectivity index (χ1n) is 5.74. The molecule has 0 radical (unpaired) electrons. The van der Waals surface area contributed by atoms with E-state index in [0.29, 0.717) is 12.1 Å². The van der Waals surface area contributed by atoms with Crippen LogP contribution in [0.15, 0.2) is 36.4 Å². The first kappa shape index (κ1) is 15.2. The number of ether oxygens (including phenoxy) is 1. The van der Waals surface area contributed by atoms with Crippen molar-refractivity contribution in [3.05, 3.63) is 59.2 Å². The van der Waals surface area contributed by atoms with Gasteiger partial charge in [0.25, 0.3) is 0 Å².